The van der Waals surface area contributed by atoms with Crippen molar-refractivity contribution in [2.45, 2.75) is 45.4 Å². The normalized spacial score (nSPS) is 16.9. The number of amides is 1. The fourth-order valence-corrected chi connectivity index (χ4v) is 6.80. The number of nitrogens with one attached hydrogen (secondary N) is 1. The largest absolute Gasteiger partial charge is 0.466 e. The molecule has 0 aliphatic carbocycles. The first-order valence-corrected chi connectivity index (χ1v) is 14.7. The van der Waals surface area contributed by atoms with Crippen LogP contribution in [0.3, 0.4) is 0 Å². The van der Waals surface area contributed by atoms with Gasteiger partial charge < -0.3 is 18.6 Å². The lowest BCUT2D eigenvalue weighted by Crippen LogP contribution is -2.40. The molecule has 1 N–H and O–H groups in total. The van der Waals surface area contributed by atoms with Crippen LogP contribution in [-0.4, -0.2) is 68.8 Å². The predicted molar refractivity (Wildman–Crippen MR) is 150 cm³/mol. The fraction of sp³-hybridized carbons (Fsp3) is 0.429. The minimum Gasteiger partial charge on any atom is -0.466 e. The molecule has 3 aromatic rings. The maximum atomic E-state index is 13.5. The van der Waals surface area contributed by atoms with E-state index in [2.05, 4.69) is 20.0 Å². The molecule has 0 bridgehead atoms. The highest BCUT2D eigenvalue weighted by molar-refractivity contribution is 7.89. The smallest absolute Gasteiger partial charge is 0.274 e. The third-order valence-electron chi connectivity index (χ3n) is 7.37. The van der Waals surface area contributed by atoms with E-state index in [4.69, 9.17) is 9.15 Å². The maximum Gasteiger partial charge on any atom is 0.274 e. The molecule has 10 nitrogen and oxygen atoms in total. The van der Waals surface area contributed by atoms with Crippen molar-refractivity contribution < 1.29 is 22.4 Å². The van der Waals surface area contributed by atoms with Crippen LogP contribution >= 0.6 is 0 Å². The second-order valence-electron chi connectivity index (χ2n) is 10.0. The fourth-order valence-electron chi connectivity index (χ4n) is 5.37. The molecule has 1 amide bonds. The van der Waals surface area contributed by atoms with Gasteiger partial charge in [-0.05, 0) is 70.9 Å². The van der Waals surface area contributed by atoms with Crippen molar-refractivity contribution in [2.24, 2.45) is 5.10 Å². The molecule has 2 saturated heterocycles. The zero-order valence-corrected chi connectivity index (χ0v) is 23.7. The molecule has 2 aliphatic rings. The van der Waals surface area contributed by atoms with Gasteiger partial charge in [0.2, 0.25) is 10.0 Å². The van der Waals surface area contributed by atoms with E-state index in [0.29, 0.717) is 43.4 Å². The Bertz CT molecular complexity index is 1510. The van der Waals surface area contributed by atoms with Crippen LogP contribution < -0.4 is 10.3 Å². The summed E-state index contributed by atoms with van der Waals surface area (Å²) >= 11 is 0. The Hall–Kier alpha value is -3.41. The van der Waals surface area contributed by atoms with E-state index < -0.39 is 10.0 Å². The molecular formula is C28H35N5O5S. The highest BCUT2D eigenvalue weighted by Gasteiger charge is 2.29. The third-order valence-corrected chi connectivity index (χ3v) is 9.26. The van der Waals surface area contributed by atoms with Crippen LogP contribution in [0.25, 0.3) is 5.69 Å². The number of sulfonamides is 1. The first kappa shape index (κ1) is 27.2. The van der Waals surface area contributed by atoms with Crippen molar-refractivity contribution in [1.29, 1.82) is 0 Å². The maximum absolute atomic E-state index is 13.5. The molecule has 5 rings (SSSR count). The second-order valence-corrected chi connectivity index (χ2v) is 12.0. The van der Waals surface area contributed by atoms with Crippen LogP contribution in [0.5, 0.6) is 0 Å². The van der Waals surface area contributed by atoms with Crippen LogP contribution in [0.2, 0.25) is 0 Å². The minimum atomic E-state index is -3.66. The molecule has 2 fully saturated rings. The van der Waals surface area contributed by atoms with Crippen LogP contribution in [0.15, 0.2) is 44.7 Å². The quantitative estimate of drug-likeness (QED) is 0.353. The van der Waals surface area contributed by atoms with Gasteiger partial charge in [0.15, 0.2) is 0 Å². The van der Waals surface area contributed by atoms with Crippen molar-refractivity contribution >= 4 is 27.8 Å². The number of carbonyl (C=O) groups is 1. The van der Waals surface area contributed by atoms with Gasteiger partial charge in [-0.25, -0.2) is 13.8 Å². The van der Waals surface area contributed by atoms with Gasteiger partial charge in [0.05, 0.1) is 41.3 Å². The molecule has 2 aliphatic heterocycles. The van der Waals surface area contributed by atoms with Crippen molar-refractivity contribution in [3.05, 3.63) is 64.4 Å². The topological polar surface area (TPSA) is 109 Å². The molecule has 4 heterocycles. The van der Waals surface area contributed by atoms with Gasteiger partial charge in [-0.1, -0.05) is 0 Å². The minimum absolute atomic E-state index is 0.267. The SMILES string of the molecule is Cc1cc(C(=O)N/N=C\c2cc(C)n(-c3cc(S(=O)(=O)N4CCOCC4)ccc3N3CCCC3)c2C)c(C)o1. The van der Waals surface area contributed by atoms with Crippen molar-refractivity contribution in [2.75, 3.05) is 44.3 Å². The molecule has 0 unspecified atom stereocenters. The molecule has 11 heteroatoms. The zero-order chi connectivity index (χ0) is 27.7. The number of morpholine rings is 1. The number of anilines is 1. The number of benzene rings is 1. The van der Waals surface area contributed by atoms with E-state index in [1.54, 1.807) is 38.3 Å². The number of carbonyl (C=O) groups excluding carboxylic acids is 1. The van der Waals surface area contributed by atoms with Crippen LogP contribution in [0, 0.1) is 27.7 Å². The van der Waals surface area contributed by atoms with Gasteiger partial charge in [0.1, 0.15) is 11.5 Å². The van der Waals surface area contributed by atoms with E-state index >= 15 is 0 Å². The Balaban J connectivity index is 1.49. The lowest BCUT2D eigenvalue weighted by Gasteiger charge is -2.28. The first-order valence-electron chi connectivity index (χ1n) is 13.2. The first-order chi connectivity index (χ1) is 18.7. The molecular weight excluding hydrogens is 518 g/mol. The van der Waals surface area contributed by atoms with Gasteiger partial charge in [-0.2, -0.15) is 9.41 Å². The molecule has 1 aromatic carbocycles. The summed E-state index contributed by atoms with van der Waals surface area (Å²) in [5.74, 6) is 0.864. The van der Waals surface area contributed by atoms with Crippen molar-refractivity contribution in [3.8, 4) is 5.69 Å². The van der Waals surface area contributed by atoms with E-state index in [1.807, 2.05) is 26.0 Å². The average Bonchev–Trinajstić information content (AvgIpc) is 3.64. The van der Waals surface area contributed by atoms with Crippen LogP contribution in [0.4, 0.5) is 5.69 Å². The Morgan fingerprint density at radius 3 is 2.36 bits per heavy atom. The predicted octanol–water partition coefficient (Wildman–Crippen LogP) is 3.69. The monoisotopic (exact) mass is 553 g/mol. The standard InChI is InChI=1S/C28H35N5O5S/c1-19-15-23(18-29-30-28(34)25-16-20(2)38-22(25)4)21(3)33(19)27-17-24(7-8-26(27)31-9-5-6-10-31)39(35,36)32-11-13-37-14-12-32/h7-8,15-18H,5-6,9-14H2,1-4H3,(H,30,34)/b29-18-. The summed E-state index contributed by atoms with van der Waals surface area (Å²) in [6, 6.07) is 9.09. The number of furan rings is 1. The van der Waals surface area contributed by atoms with Crippen LogP contribution in [-0.2, 0) is 14.8 Å². The van der Waals surface area contributed by atoms with Gasteiger partial charge >= 0.3 is 0 Å². The molecule has 0 spiro atoms. The van der Waals surface area contributed by atoms with Gasteiger partial charge in [0, 0.05) is 43.1 Å². The van der Waals surface area contributed by atoms with E-state index in [0.717, 1.165) is 54.3 Å². The Labute approximate surface area is 229 Å². The van der Waals surface area contributed by atoms with E-state index in [9.17, 15) is 13.2 Å². The number of aromatic nitrogens is 1. The molecule has 39 heavy (non-hydrogen) atoms. The number of hydrogen-bond donors (Lipinski definition) is 1. The molecule has 0 saturated carbocycles. The van der Waals surface area contributed by atoms with Gasteiger partial charge in [0.25, 0.3) is 5.91 Å². The summed E-state index contributed by atoms with van der Waals surface area (Å²) in [5.41, 5.74) is 7.48. The number of rotatable bonds is 7. The van der Waals surface area contributed by atoms with Crippen molar-refractivity contribution in [3.63, 3.8) is 0 Å². The van der Waals surface area contributed by atoms with E-state index in [-0.39, 0.29) is 10.8 Å². The highest BCUT2D eigenvalue weighted by Crippen LogP contribution is 2.34. The van der Waals surface area contributed by atoms with Crippen LogP contribution in [0.1, 0.15) is 51.7 Å². The summed E-state index contributed by atoms with van der Waals surface area (Å²) in [5, 5.41) is 4.19. The van der Waals surface area contributed by atoms with Gasteiger partial charge in [-0.15, -0.1) is 0 Å². The number of nitrogens with zero attached hydrogens (tertiary/aromatic N) is 4. The average molecular weight is 554 g/mol. The summed E-state index contributed by atoms with van der Waals surface area (Å²) in [4.78, 5) is 15.1. The summed E-state index contributed by atoms with van der Waals surface area (Å²) in [7, 11) is -3.66. The second kappa shape index (κ2) is 11.0. The molecule has 0 radical (unpaired) electrons. The Morgan fingerprint density at radius 1 is 0.974 bits per heavy atom. The zero-order valence-electron chi connectivity index (χ0n) is 22.9. The summed E-state index contributed by atoms with van der Waals surface area (Å²) in [6.07, 6.45) is 3.82. The summed E-state index contributed by atoms with van der Waals surface area (Å²) in [6.45, 7) is 10.8. The lowest BCUT2D eigenvalue weighted by atomic mass is 10.2. The molecule has 208 valence electrons. The third kappa shape index (κ3) is 5.39. The van der Waals surface area contributed by atoms with E-state index in [1.165, 1.54) is 4.31 Å². The molecule has 2 aromatic heterocycles. The number of aryl methyl sites for hydroxylation is 3. The number of hydrogen-bond acceptors (Lipinski definition) is 7. The van der Waals surface area contributed by atoms with Crippen molar-refractivity contribution in [1.82, 2.24) is 14.3 Å². The van der Waals surface area contributed by atoms with Gasteiger partial charge in [-0.3, -0.25) is 4.79 Å². The number of ether oxygens (including phenoxy) is 1. The number of hydrazone groups is 1. The molecule has 0 atom stereocenters. The summed E-state index contributed by atoms with van der Waals surface area (Å²) < 4.78 is 41.4. The highest BCUT2D eigenvalue weighted by atomic mass is 32.2. The Morgan fingerprint density at radius 2 is 1.69 bits per heavy atom. The Kier molecular flexibility index (Phi) is 7.66. The lowest BCUT2D eigenvalue weighted by molar-refractivity contribution is 0.0730.